The van der Waals surface area contributed by atoms with Crippen molar-refractivity contribution in [2.24, 2.45) is 0 Å². The minimum Gasteiger partial charge on any atom is -0.346 e. The Morgan fingerprint density at radius 2 is 2.03 bits per heavy atom. The van der Waals surface area contributed by atoms with E-state index in [1.54, 1.807) is 36.2 Å². The van der Waals surface area contributed by atoms with Crippen LogP contribution in [0.15, 0.2) is 60.5 Å². The van der Waals surface area contributed by atoms with Crippen LogP contribution < -0.4 is 10.6 Å². The van der Waals surface area contributed by atoms with Gasteiger partial charge in [-0.3, -0.25) is 9.78 Å². The summed E-state index contributed by atoms with van der Waals surface area (Å²) in [5.74, 6) is 0.867. The second-order valence-corrected chi connectivity index (χ2v) is 7.48. The van der Waals surface area contributed by atoms with Crippen molar-refractivity contribution in [3.05, 3.63) is 66.1 Å². The highest BCUT2D eigenvalue weighted by Gasteiger charge is 2.13. The number of anilines is 3. The number of hydrogen-bond donors (Lipinski definition) is 2. The number of aromatic nitrogens is 5. The summed E-state index contributed by atoms with van der Waals surface area (Å²) < 4.78 is 1.93. The maximum atomic E-state index is 12.7. The molecule has 0 saturated heterocycles. The lowest BCUT2D eigenvalue weighted by Gasteiger charge is -2.11. The number of amides is 1. The van der Waals surface area contributed by atoms with Crippen LogP contribution in [-0.4, -0.2) is 30.6 Å². The van der Waals surface area contributed by atoms with Crippen molar-refractivity contribution < 1.29 is 4.79 Å². The van der Waals surface area contributed by atoms with Crippen LogP contribution in [0.5, 0.6) is 0 Å². The Morgan fingerprint density at radius 3 is 2.83 bits per heavy atom. The molecule has 0 unspecified atom stereocenters. The highest BCUT2D eigenvalue weighted by molar-refractivity contribution is 7.13. The molecule has 29 heavy (non-hydrogen) atoms. The van der Waals surface area contributed by atoms with Gasteiger partial charge in [-0.1, -0.05) is 12.1 Å². The fraction of sp³-hybridized carbons (Fsp3) is 0.150. The number of benzene rings is 1. The molecular formula is C20H19N7OS. The second kappa shape index (κ2) is 8.19. The van der Waals surface area contributed by atoms with E-state index in [4.69, 9.17) is 0 Å². The van der Waals surface area contributed by atoms with Crippen LogP contribution in [0.2, 0.25) is 0 Å². The summed E-state index contributed by atoms with van der Waals surface area (Å²) in [4.78, 5) is 21.3. The summed E-state index contributed by atoms with van der Waals surface area (Å²) in [6.45, 7) is 4.09. The normalized spacial score (nSPS) is 10.9. The Kier molecular flexibility index (Phi) is 5.30. The number of nitrogens with one attached hydrogen (secondary N) is 2. The zero-order chi connectivity index (χ0) is 20.2. The van der Waals surface area contributed by atoms with Gasteiger partial charge in [0.2, 0.25) is 0 Å². The Morgan fingerprint density at radius 1 is 1.17 bits per heavy atom. The molecule has 0 atom stereocenters. The van der Waals surface area contributed by atoms with Crippen LogP contribution in [0.1, 0.15) is 30.2 Å². The third kappa shape index (κ3) is 4.30. The average Bonchev–Trinajstić information content (AvgIpc) is 3.40. The van der Waals surface area contributed by atoms with E-state index < -0.39 is 0 Å². The number of carbonyl (C=O) groups excluding carboxylic acids is 1. The number of rotatable bonds is 6. The lowest BCUT2D eigenvalue weighted by molar-refractivity contribution is 0.102. The first kappa shape index (κ1) is 18.8. The van der Waals surface area contributed by atoms with Gasteiger partial charge in [0.1, 0.15) is 22.8 Å². The van der Waals surface area contributed by atoms with Gasteiger partial charge in [0.15, 0.2) is 5.82 Å². The molecule has 146 valence electrons. The van der Waals surface area contributed by atoms with Crippen LogP contribution >= 0.6 is 11.3 Å². The predicted octanol–water partition coefficient (Wildman–Crippen LogP) is 4.37. The molecule has 2 N–H and O–H groups in total. The minimum atomic E-state index is -0.243. The summed E-state index contributed by atoms with van der Waals surface area (Å²) in [5, 5.41) is 15.1. The highest BCUT2D eigenvalue weighted by atomic mass is 32.1. The molecule has 9 heteroatoms. The van der Waals surface area contributed by atoms with Gasteiger partial charge in [0.25, 0.3) is 5.91 Å². The molecule has 0 fully saturated rings. The largest absolute Gasteiger partial charge is 0.346 e. The van der Waals surface area contributed by atoms with E-state index in [9.17, 15) is 4.79 Å². The van der Waals surface area contributed by atoms with Crippen molar-refractivity contribution in [2.45, 2.75) is 19.9 Å². The molecule has 0 aliphatic heterocycles. The number of hydrogen-bond acceptors (Lipinski definition) is 7. The smallest absolute Gasteiger partial charge is 0.256 e. The fourth-order valence-corrected chi connectivity index (χ4v) is 3.31. The Labute approximate surface area is 171 Å². The summed E-state index contributed by atoms with van der Waals surface area (Å²) in [6.07, 6.45) is 3.41. The maximum absolute atomic E-state index is 12.7. The lowest BCUT2D eigenvalue weighted by Crippen LogP contribution is -2.13. The Hall–Kier alpha value is -3.59. The summed E-state index contributed by atoms with van der Waals surface area (Å²) in [6, 6.07) is 12.9. The first-order valence-corrected chi connectivity index (χ1v) is 9.92. The van der Waals surface area contributed by atoms with Crippen molar-refractivity contribution in [1.82, 2.24) is 24.7 Å². The van der Waals surface area contributed by atoms with Crippen LogP contribution in [0.3, 0.4) is 0 Å². The molecule has 1 amide bonds. The predicted molar refractivity (Wildman–Crippen MR) is 113 cm³/mol. The van der Waals surface area contributed by atoms with E-state index in [1.807, 2.05) is 42.7 Å². The topological polar surface area (TPSA) is 97.6 Å². The molecular weight excluding hydrogens is 386 g/mol. The highest BCUT2D eigenvalue weighted by Crippen LogP contribution is 2.22. The van der Waals surface area contributed by atoms with E-state index in [2.05, 4.69) is 30.8 Å². The molecule has 1 aromatic carbocycles. The van der Waals surface area contributed by atoms with Crippen LogP contribution in [-0.2, 0) is 0 Å². The van der Waals surface area contributed by atoms with Gasteiger partial charge in [-0.25, -0.2) is 4.98 Å². The zero-order valence-electron chi connectivity index (χ0n) is 15.9. The fourth-order valence-electron chi connectivity index (χ4n) is 2.78. The van der Waals surface area contributed by atoms with Gasteiger partial charge in [0.05, 0.1) is 11.7 Å². The molecule has 4 rings (SSSR count). The van der Waals surface area contributed by atoms with E-state index in [-0.39, 0.29) is 11.9 Å². The SMILES string of the molecule is CC(C)n1cnnc1-c1cccc(NC(=O)c2cccc(Nc3cncs3)c2)n1. The third-order valence-corrected chi connectivity index (χ3v) is 4.86. The van der Waals surface area contributed by atoms with E-state index >= 15 is 0 Å². The standard InChI is InChI=1S/C20H19N7OS/c1-13(2)27-11-22-26-19(27)16-7-4-8-17(24-16)25-20(28)14-5-3-6-15(9-14)23-18-10-21-12-29-18/h3-13,23H,1-2H3,(H,24,25,28). The minimum absolute atomic E-state index is 0.203. The van der Waals surface area contributed by atoms with Gasteiger partial charge in [-0.2, -0.15) is 0 Å². The van der Waals surface area contributed by atoms with Crippen LogP contribution in [0, 0.1) is 0 Å². The molecule has 0 radical (unpaired) electrons. The van der Waals surface area contributed by atoms with E-state index in [0.717, 1.165) is 10.7 Å². The van der Waals surface area contributed by atoms with Crippen molar-refractivity contribution in [3.63, 3.8) is 0 Å². The van der Waals surface area contributed by atoms with Crippen molar-refractivity contribution in [1.29, 1.82) is 0 Å². The first-order chi connectivity index (χ1) is 14.1. The number of nitrogens with zero attached hydrogens (tertiary/aromatic N) is 5. The molecule has 0 spiro atoms. The summed E-state index contributed by atoms with van der Waals surface area (Å²) in [7, 11) is 0. The van der Waals surface area contributed by atoms with Crippen LogP contribution in [0.4, 0.5) is 16.5 Å². The zero-order valence-corrected chi connectivity index (χ0v) is 16.7. The molecule has 3 heterocycles. The molecule has 8 nitrogen and oxygen atoms in total. The lowest BCUT2D eigenvalue weighted by atomic mass is 10.2. The number of carbonyl (C=O) groups is 1. The van der Waals surface area contributed by atoms with Gasteiger partial charge in [-0.15, -0.1) is 21.5 Å². The van der Waals surface area contributed by atoms with Gasteiger partial charge in [-0.05, 0) is 44.2 Å². The molecule has 0 bridgehead atoms. The maximum Gasteiger partial charge on any atom is 0.256 e. The molecule has 4 aromatic rings. The van der Waals surface area contributed by atoms with Gasteiger partial charge in [0, 0.05) is 17.3 Å². The van der Waals surface area contributed by atoms with Crippen molar-refractivity contribution in [2.75, 3.05) is 10.6 Å². The molecule has 0 aliphatic carbocycles. The van der Waals surface area contributed by atoms with E-state index in [0.29, 0.717) is 22.9 Å². The monoisotopic (exact) mass is 405 g/mol. The molecule has 0 saturated carbocycles. The summed E-state index contributed by atoms with van der Waals surface area (Å²) >= 11 is 1.49. The van der Waals surface area contributed by atoms with Gasteiger partial charge < -0.3 is 15.2 Å². The second-order valence-electron chi connectivity index (χ2n) is 6.59. The van der Waals surface area contributed by atoms with Crippen molar-refractivity contribution in [3.8, 4) is 11.5 Å². The Balaban J connectivity index is 1.52. The molecule has 0 aliphatic rings. The van der Waals surface area contributed by atoms with Crippen LogP contribution in [0.25, 0.3) is 11.5 Å². The van der Waals surface area contributed by atoms with E-state index in [1.165, 1.54) is 11.3 Å². The Bertz CT molecular complexity index is 1120. The number of pyridine rings is 1. The van der Waals surface area contributed by atoms with Gasteiger partial charge >= 0.3 is 0 Å². The first-order valence-electron chi connectivity index (χ1n) is 9.04. The molecule has 3 aromatic heterocycles. The van der Waals surface area contributed by atoms with Crippen molar-refractivity contribution >= 4 is 33.8 Å². The number of thiazole rings is 1. The average molecular weight is 405 g/mol. The summed E-state index contributed by atoms with van der Waals surface area (Å²) in [5.41, 5.74) is 3.73. The quantitative estimate of drug-likeness (QED) is 0.494. The third-order valence-electron chi connectivity index (χ3n) is 4.17.